The molecule has 96 valence electrons. The molecule has 19 heavy (non-hydrogen) atoms. The van der Waals surface area contributed by atoms with E-state index in [0.29, 0.717) is 6.04 Å². The van der Waals surface area contributed by atoms with E-state index in [1.54, 1.807) is 0 Å². The van der Waals surface area contributed by atoms with E-state index >= 15 is 0 Å². The Balaban J connectivity index is 1.87. The Hall–Kier alpha value is -1.60. The standard InChI is InChI=1S/C18H19N/c1-2-8-15(9-3-1)18-11-6-12-19-17(18)16-10-5-4-7-14(16)13-18/h1-5,7-10,17,19H,6,11-13H2/t17-,18-/m0/s1. The number of piperidine rings is 1. The fourth-order valence-electron chi connectivity index (χ4n) is 4.09. The van der Waals surface area contributed by atoms with Crippen LogP contribution in [0.1, 0.15) is 35.6 Å². The van der Waals surface area contributed by atoms with Crippen LogP contribution in [0, 0.1) is 0 Å². The minimum absolute atomic E-state index is 0.281. The second-order valence-corrected chi connectivity index (χ2v) is 5.89. The summed E-state index contributed by atoms with van der Waals surface area (Å²) < 4.78 is 0. The van der Waals surface area contributed by atoms with E-state index in [2.05, 4.69) is 59.9 Å². The van der Waals surface area contributed by atoms with Crippen molar-refractivity contribution in [3.8, 4) is 0 Å². The van der Waals surface area contributed by atoms with Crippen molar-refractivity contribution in [2.24, 2.45) is 0 Å². The Kier molecular flexibility index (Phi) is 2.49. The highest BCUT2D eigenvalue weighted by Gasteiger charge is 2.48. The maximum Gasteiger partial charge on any atom is 0.0424 e. The predicted molar refractivity (Wildman–Crippen MR) is 78.2 cm³/mol. The number of fused-ring (bicyclic) bond motifs is 3. The Morgan fingerprint density at radius 3 is 2.63 bits per heavy atom. The maximum absolute atomic E-state index is 3.78. The molecule has 1 N–H and O–H groups in total. The van der Waals surface area contributed by atoms with Crippen LogP contribution in [0.3, 0.4) is 0 Å². The van der Waals surface area contributed by atoms with Crippen LogP contribution >= 0.6 is 0 Å². The van der Waals surface area contributed by atoms with Gasteiger partial charge < -0.3 is 5.32 Å². The van der Waals surface area contributed by atoms with E-state index < -0.39 is 0 Å². The largest absolute Gasteiger partial charge is 0.309 e. The van der Waals surface area contributed by atoms with Gasteiger partial charge >= 0.3 is 0 Å². The lowest BCUT2D eigenvalue weighted by Crippen LogP contribution is -2.44. The molecule has 2 atom stereocenters. The molecule has 0 saturated carbocycles. The van der Waals surface area contributed by atoms with Gasteiger partial charge in [-0.3, -0.25) is 0 Å². The van der Waals surface area contributed by atoms with Crippen LogP contribution in [0.4, 0.5) is 0 Å². The van der Waals surface area contributed by atoms with Crippen LogP contribution < -0.4 is 5.32 Å². The molecule has 0 amide bonds. The molecule has 1 aliphatic carbocycles. The Bertz CT molecular complexity index is 590. The van der Waals surface area contributed by atoms with Gasteiger partial charge in [0, 0.05) is 11.5 Å². The summed E-state index contributed by atoms with van der Waals surface area (Å²) in [6.07, 6.45) is 3.76. The van der Waals surface area contributed by atoms with Gasteiger partial charge in [-0.15, -0.1) is 0 Å². The van der Waals surface area contributed by atoms with Crippen molar-refractivity contribution in [1.82, 2.24) is 5.32 Å². The zero-order valence-electron chi connectivity index (χ0n) is 11.1. The highest BCUT2D eigenvalue weighted by atomic mass is 15.0. The van der Waals surface area contributed by atoms with Gasteiger partial charge in [0.15, 0.2) is 0 Å². The lowest BCUT2D eigenvalue weighted by molar-refractivity contribution is 0.248. The molecular weight excluding hydrogens is 230 g/mol. The second kappa shape index (κ2) is 4.21. The summed E-state index contributed by atoms with van der Waals surface area (Å²) >= 11 is 0. The Labute approximate surface area is 114 Å². The van der Waals surface area contributed by atoms with Crippen molar-refractivity contribution >= 4 is 0 Å². The molecule has 0 aromatic heterocycles. The Morgan fingerprint density at radius 2 is 1.74 bits per heavy atom. The van der Waals surface area contributed by atoms with Crippen molar-refractivity contribution in [3.05, 3.63) is 71.3 Å². The zero-order chi connectivity index (χ0) is 12.7. The molecule has 1 saturated heterocycles. The van der Waals surface area contributed by atoms with Crippen LogP contribution in [0.5, 0.6) is 0 Å². The first kappa shape index (κ1) is 11.2. The lowest BCUT2D eigenvalue weighted by atomic mass is 9.69. The van der Waals surface area contributed by atoms with Gasteiger partial charge in [-0.25, -0.2) is 0 Å². The third-order valence-electron chi connectivity index (χ3n) is 4.92. The summed E-state index contributed by atoms with van der Waals surface area (Å²) in [5.41, 5.74) is 4.84. The summed E-state index contributed by atoms with van der Waals surface area (Å²) in [7, 11) is 0. The summed E-state index contributed by atoms with van der Waals surface area (Å²) in [4.78, 5) is 0. The van der Waals surface area contributed by atoms with Crippen molar-refractivity contribution in [1.29, 1.82) is 0 Å². The third kappa shape index (κ3) is 1.58. The van der Waals surface area contributed by atoms with E-state index in [1.807, 2.05) is 0 Å². The first-order chi connectivity index (χ1) is 9.40. The first-order valence-corrected chi connectivity index (χ1v) is 7.27. The summed E-state index contributed by atoms with van der Waals surface area (Å²) in [5.74, 6) is 0. The minimum Gasteiger partial charge on any atom is -0.309 e. The quantitative estimate of drug-likeness (QED) is 0.814. The van der Waals surface area contributed by atoms with Crippen molar-refractivity contribution in [2.75, 3.05) is 6.54 Å². The van der Waals surface area contributed by atoms with E-state index in [-0.39, 0.29) is 5.41 Å². The van der Waals surface area contributed by atoms with Crippen molar-refractivity contribution < 1.29 is 0 Å². The normalized spacial score (nSPS) is 28.7. The molecule has 2 aromatic carbocycles. The molecule has 1 aliphatic heterocycles. The van der Waals surface area contributed by atoms with E-state index in [4.69, 9.17) is 0 Å². The van der Waals surface area contributed by atoms with Crippen molar-refractivity contribution in [3.63, 3.8) is 0 Å². The smallest absolute Gasteiger partial charge is 0.0424 e. The molecule has 0 spiro atoms. The number of hydrogen-bond donors (Lipinski definition) is 1. The molecule has 2 aliphatic rings. The summed E-state index contributed by atoms with van der Waals surface area (Å²) in [6, 6.07) is 20.6. The molecule has 2 aromatic rings. The van der Waals surface area contributed by atoms with Gasteiger partial charge in [-0.05, 0) is 42.5 Å². The SMILES string of the molecule is c1ccc([C@@]23CCCN[C@H]2c2ccccc2C3)cc1. The van der Waals surface area contributed by atoms with E-state index in [0.717, 1.165) is 6.54 Å². The molecule has 1 nitrogen and oxygen atoms in total. The minimum atomic E-state index is 0.281. The summed E-state index contributed by atoms with van der Waals surface area (Å²) in [6.45, 7) is 1.15. The molecule has 0 bridgehead atoms. The van der Waals surface area contributed by atoms with Gasteiger partial charge in [-0.1, -0.05) is 54.6 Å². The third-order valence-corrected chi connectivity index (χ3v) is 4.92. The van der Waals surface area contributed by atoms with Gasteiger partial charge in [-0.2, -0.15) is 0 Å². The number of nitrogens with one attached hydrogen (secondary N) is 1. The van der Waals surface area contributed by atoms with Crippen LogP contribution in [0.15, 0.2) is 54.6 Å². The Morgan fingerprint density at radius 1 is 0.947 bits per heavy atom. The van der Waals surface area contributed by atoms with Crippen LogP contribution in [0.25, 0.3) is 0 Å². The number of hydrogen-bond acceptors (Lipinski definition) is 1. The number of rotatable bonds is 1. The van der Waals surface area contributed by atoms with Crippen LogP contribution in [0.2, 0.25) is 0 Å². The lowest BCUT2D eigenvalue weighted by Gasteiger charge is -2.41. The fourth-order valence-corrected chi connectivity index (χ4v) is 4.09. The summed E-state index contributed by atoms with van der Waals surface area (Å²) in [5, 5.41) is 3.78. The van der Waals surface area contributed by atoms with Crippen LogP contribution in [-0.2, 0) is 11.8 Å². The van der Waals surface area contributed by atoms with Gasteiger partial charge in [0.05, 0.1) is 0 Å². The molecule has 0 unspecified atom stereocenters. The number of benzene rings is 2. The molecule has 1 heterocycles. The molecular formula is C18H19N. The average molecular weight is 249 g/mol. The zero-order valence-corrected chi connectivity index (χ0v) is 11.1. The highest BCUT2D eigenvalue weighted by molar-refractivity contribution is 5.46. The molecule has 0 radical (unpaired) electrons. The van der Waals surface area contributed by atoms with Gasteiger partial charge in [0.1, 0.15) is 0 Å². The predicted octanol–water partition coefficient (Wildman–Crippen LogP) is 3.61. The average Bonchev–Trinajstić information content (AvgIpc) is 2.84. The first-order valence-electron chi connectivity index (χ1n) is 7.27. The monoisotopic (exact) mass is 249 g/mol. The van der Waals surface area contributed by atoms with Gasteiger partial charge in [0.2, 0.25) is 0 Å². The maximum atomic E-state index is 3.78. The van der Waals surface area contributed by atoms with Crippen molar-refractivity contribution in [2.45, 2.75) is 30.7 Å². The second-order valence-electron chi connectivity index (χ2n) is 5.89. The molecule has 1 heteroatoms. The van der Waals surface area contributed by atoms with Gasteiger partial charge in [0.25, 0.3) is 0 Å². The fraction of sp³-hybridized carbons (Fsp3) is 0.333. The van der Waals surface area contributed by atoms with E-state index in [9.17, 15) is 0 Å². The highest BCUT2D eigenvalue weighted by Crippen LogP contribution is 2.51. The van der Waals surface area contributed by atoms with Crippen LogP contribution in [-0.4, -0.2) is 6.54 Å². The molecule has 1 fully saturated rings. The molecule has 4 rings (SSSR count). The van der Waals surface area contributed by atoms with E-state index in [1.165, 1.54) is 36.0 Å². The topological polar surface area (TPSA) is 12.0 Å².